The Bertz CT molecular complexity index is 488. The molecular formula is C18H27N3. The molecule has 1 heterocycles. The second-order valence-electron chi connectivity index (χ2n) is 5.96. The first-order chi connectivity index (χ1) is 10.3. The third-order valence-corrected chi connectivity index (χ3v) is 4.27. The van der Waals surface area contributed by atoms with Gasteiger partial charge in [0.1, 0.15) is 11.9 Å². The summed E-state index contributed by atoms with van der Waals surface area (Å²) in [5.41, 5.74) is 3.21. The number of aromatic nitrogens is 1. The van der Waals surface area contributed by atoms with E-state index in [4.69, 9.17) is 4.98 Å². The van der Waals surface area contributed by atoms with E-state index in [2.05, 4.69) is 17.5 Å². The summed E-state index contributed by atoms with van der Waals surface area (Å²) in [6, 6.07) is 4.37. The minimum atomic E-state index is 0.697. The fraction of sp³-hybridized carbons (Fsp3) is 0.667. The van der Waals surface area contributed by atoms with Crippen LogP contribution in [0.3, 0.4) is 0 Å². The van der Waals surface area contributed by atoms with Crippen molar-refractivity contribution in [3.63, 3.8) is 0 Å². The lowest BCUT2D eigenvalue weighted by molar-refractivity contribution is 0.557. The van der Waals surface area contributed by atoms with Crippen molar-refractivity contribution >= 4 is 5.82 Å². The zero-order chi connectivity index (χ0) is 14.9. The molecule has 3 nitrogen and oxygen atoms in total. The predicted octanol–water partition coefficient (Wildman–Crippen LogP) is 4.60. The maximum Gasteiger partial charge on any atom is 0.144 e. The number of hydrogen-bond acceptors (Lipinski definition) is 3. The number of pyridine rings is 1. The second kappa shape index (κ2) is 8.67. The van der Waals surface area contributed by atoms with E-state index in [1.165, 1.54) is 62.6 Å². The lowest BCUT2D eigenvalue weighted by Crippen LogP contribution is -2.08. The summed E-state index contributed by atoms with van der Waals surface area (Å²) in [5.74, 6) is 0.769. The number of aryl methyl sites for hydroxylation is 2. The number of anilines is 1. The largest absolute Gasteiger partial charge is 0.369 e. The maximum atomic E-state index is 9.33. The van der Waals surface area contributed by atoms with Crippen molar-refractivity contribution in [1.29, 1.82) is 5.26 Å². The van der Waals surface area contributed by atoms with Crippen molar-refractivity contribution in [2.24, 2.45) is 0 Å². The normalized spacial score (nSPS) is 17.0. The van der Waals surface area contributed by atoms with E-state index in [1.807, 2.05) is 6.92 Å². The molecule has 1 aliphatic rings. The average molecular weight is 285 g/mol. The Morgan fingerprint density at radius 1 is 1.05 bits per heavy atom. The summed E-state index contributed by atoms with van der Waals surface area (Å²) in [5, 5.41) is 12.6. The van der Waals surface area contributed by atoms with Crippen LogP contribution in [0.25, 0.3) is 0 Å². The molecule has 0 amide bonds. The molecule has 0 bridgehead atoms. The zero-order valence-electron chi connectivity index (χ0n) is 13.2. The van der Waals surface area contributed by atoms with Gasteiger partial charge in [0.05, 0.1) is 5.56 Å². The highest BCUT2D eigenvalue weighted by Crippen LogP contribution is 2.22. The summed E-state index contributed by atoms with van der Waals surface area (Å²) in [6.45, 7) is 2.85. The molecule has 1 aromatic rings. The molecule has 0 aliphatic heterocycles. The van der Waals surface area contributed by atoms with Crippen LogP contribution in [0, 0.1) is 11.3 Å². The third-order valence-electron chi connectivity index (χ3n) is 4.27. The zero-order valence-corrected chi connectivity index (χ0v) is 13.2. The standard InChI is InChI=1S/C18H27N3/c1-2-20-18-16(14-19)13-15-11-9-7-5-3-4-6-8-10-12-17(15)21-18/h13H,2-12H2,1H3,(H,20,21). The summed E-state index contributed by atoms with van der Waals surface area (Å²) in [6.07, 6.45) is 12.6. The van der Waals surface area contributed by atoms with Gasteiger partial charge >= 0.3 is 0 Å². The highest BCUT2D eigenvalue weighted by atomic mass is 15.0. The van der Waals surface area contributed by atoms with Gasteiger partial charge in [-0.3, -0.25) is 0 Å². The molecule has 0 radical (unpaired) electrons. The quantitative estimate of drug-likeness (QED) is 0.863. The molecule has 114 valence electrons. The van der Waals surface area contributed by atoms with Gasteiger partial charge in [-0.15, -0.1) is 0 Å². The average Bonchev–Trinajstić information content (AvgIpc) is 2.49. The molecule has 1 aliphatic carbocycles. The minimum absolute atomic E-state index is 0.697. The van der Waals surface area contributed by atoms with Crippen LogP contribution >= 0.6 is 0 Å². The number of fused-ring (bicyclic) bond motifs is 1. The molecule has 1 aromatic heterocycles. The van der Waals surface area contributed by atoms with E-state index in [9.17, 15) is 5.26 Å². The van der Waals surface area contributed by atoms with E-state index >= 15 is 0 Å². The Morgan fingerprint density at radius 2 is 1.67 bits per heavy atom. The van der Waals surface area contributed by atoms with Crippen molar-refractivity contribution in [2.45, 2.75) is 71.1 Å². The topological polar surface area (TPSA) is 48.7 Å². The highest BCUT2D eigenvalue weighted by Gasteiger charge is 2.12. The molecular weight excluding hydrogens is 258 g/mol. The van der Waals surface area contributed by atoms with Crippen LogP contribution in [0.5, 0.6) is 0 Å². The van der Waals surface area contributed by atoms with E-state index in [0.717, 1.165) is 25.2 Å². The monoisotopic (exact) mass is 285 g/mol. The summed E-state index contributed by atoms with van der Waals surface area (Å²) in [4.78, 5) is 4.77. The van der Waals surface area contributed by atoms with Crippen LogP contribution in [-0.4, -0.2) is 11.5 Å². The van der Waals surface area contributed by atoms with Crippen molar-refractivity contribution in [1.82, 2.24) is 4.98 Å². The smallest absolute Gasteiger partial charge is 0.144 e. The number of nitriles is 1. The number of rotatable bonds is 2. The SMILES string of the molecule is CCNc1nc2c(cc1C#N)CCCCCCCCCC2. The molecule has 0 spiro atoms. The van der Waals surface area contributed by atoms with Crippen LogP contribution in [-0.2, 0) is 12.8 Å². The van der Waals surface area contributed by atoms with Gasteiger partial charge < -0.3 is 5.32 Å². The van der Waals surface area contributed by atoms with E-state index in [0.29, 0.717) is 5.56 Å². The molecule has 0 saturated carbocycles. The van der Waals surface area contributed by atoms with Gasteiger partial charge in [-0.25, -0.2) is 4.98 Å². The van der Waals surface area contributed by atoms with Gasteiger partial charge in [-0.2, -0.15) is 5.26 Å². The molecule has 0 fully saturated rings. The molecule has 0 atom stereocenters. The fourth-order valence-electron chi connectivity index (χ4n) is 3.08. The summed E-state index contributed by atoms with van der Waals surface area (Å²) in [7, 11) is 0. The van der Waals surface area contributed by atoms with Crippen molar-refractivity contribution in [3.8, 4) is 6.07 Å². The Balaban J connectivity index is 2.22. The van der Waals surface area contributed by atoms with Gasteiger partial charge in [-0.05, 0) is 44.2 Å². The minimum Gasteiger partial charge on any atom is -0.369 e. The third kappa shape index (κ3) is 4.74. The van der Waals surface area contributed by atoms with Gasteiger partial charge in [0.15, 0.2) is 0 Å². The van der Waals surface area contributed by atoms with Crippen molar-refractivity contribution in [3.05, 3.63) is 22.9 Å². The van der Waals surface area contributed by atoms with Crippen LogP contribution in [0.15, 0.2) is 6.07 Å². The number of nitrogens with zero attached hydrogens (tertiary/aromatic N) is 2. The van der Waals surface area contributed by atoms with Crippen LogP contribution < -0.4 is 5.32 Å². The molecule has 1 N–H and O–H groups in total. The summed E-state index contributed by atoms with van der Waals surface area (Å²) >= 11 is 0. The van der Waals surface area contributed by atoms with Gasteiger partial charge in [0.2, 0.25) is 0 Å². The van der Waals surface area contributed by atoms with Crippen molar-refractivity contribution in [2.75, 3.05) is 11.9 Å². The lowest BCUT2D eigenvalue weighted by Gasteiger charge is -2.14. The van der Waals surface area contributed by atoms with Gasteiger partial charge in [-0.1, -0.05) is 38.5 Å². The Labute approximate surface area is 128 Å². The number of nitrogens with one attached hydrogen (secondary N) is 1. The molecule has 3 heteroatoms. The van der Waals surface area contributed by atoms with Crippen LogP contribution in [0.1, 0.15) is 75.1 Å². The molecule has 21 heavy (non-hydrogen) atoms. The Hall–Kier alpha value is -1.56. The summed E-state index contributed by atoms with van der Waals surface area (Å²) < 4.78 is 0. The first-order valence-corrected chi connectivity index (χ1v) is 8.52. The maximum absolute atomic E-state index is 9.33. The predicted molar refractivity (Wildman–Crippen MR) is 87.5 cm³/mol. The molecule has 0 saturated heterocycles. The van der Waals surface area contributed by atoms with E-state index < -0.39 is 0 Å². The Kier molecular flexibility index (Phi) is 6.53. The van der Waals surface area contributed by atoms with Crippen LogP contribution in [0.2, 0.25) is 0 Å². The number of hydrogen-bond donors (Lipinski definition) is 1. The van der Waals surface area contributed by atoms with E-state index in [-0.39, 0.29) is 0 Å². The first-order valence-electron chi connectivity index (χ1n) is 8.52. The van der Waals surface area contributed by atoms with E-state index in [1.54, 1.807) is 0 Å². The highest BCUT2D eigenvalue weighted by molar-refractivity contribution is 5.54. The van der Waals surface area contributed by atoms with Crippen LogP contribution in [0.4, 0.5) is 5.82 Å². The first kappa shape index (κ1) is 15.8. The molecule has 2 rings (SSSR count). The second-order valence-corrected chi connectivity index (χ2v) is 5.96. The fourth-order valence-corrected chi connectivity index (χ4v) is 3.08. The Morgan fingerprint density at radius 3 is 2.29 bits per heavy atom. The van der Waals surface area contributed by atoms with Gasteiger partial charge in [0.25, 0.3) is 0 Å². The lowest BCUT2D eigenvalue weighted by atomic mass is 9.97. The molecule has 0 aromatic carbocycles. The van der Waals surface area contributed by atoms with Gasteiger partial charge in [0, 0.05) is 12.2 Å². The molecule has 0 unspecified atom stereocenters. The van der Waals surface area contributed by atoms with Crippen molar-refractivity contribution < 1.29 is 0 Å².